The van der Waals surface area contributed by atoms with E-state index in [4.69, 9.17) is 9.47 Å². The predicted molar refractivity (Wildman–Crippen MR) is 112 cm³/mol. The minimum absolute atomic E-state index is 0.0980. The third kappa shape index (κ3) is 5.01. The molecule has 0 unspecified atom stereocenters. The van der Waals surface area contributed by atoms with Gasteiger partial charge < -0.3 is 14.8 Å². The number of hydrogen-bond acceptors (Lipinski definition) is 5. The van der Waals surface area contributed by atoms with E-state index in [2.05, 4.69) is 10.0 Å². The van der Waals surface area contributed by atoms with Crippen LogP contribution in [-0.4, -0.2) is 27.2 Å². The number of halogens is 1. The van der Waals surface area contributed by atoms with Gasteiger partial charge in [0.2, 0.25) is 22.7 Å². The first-order chi connectivity index (χ1) is 14.9. The van der Waals surface area contributed by atoms with E-state index in [-0.39, 0.29) is 18.1 Å². The Kier molecular flexibility index (Phi) is 5.88. The van der Waals surface area contributed by atoms with Crippen LogP contribution in [0.2, 0.25) is 0 Å². The molecule has 0 aliphatic carbocycles. The van der Waals surface area contributed by atoms with Gasteiger partial charge in [-0.2, -0.15) is 4.72 Å². The Labute approximate surface area is 178 Å². The fourth-order valence-electron chi connectivity index (χ4n) is 3.11. The van der Waals surface area contributed by atoms with E-state index in [9.17, 15) is 17.6 Å². The largest absolute Gasteiger partial charge is 0.454 e. The number of carbonyl (C=O) groups is 1. The molecule has 0 saturated heterocycles. The molecule has 7 nitrogen and oxygen atoms in total. The van der Waals surface area contributed by atoms with Gasteiger partial charge >= 0.3 is 0 Å². The number of anilines is 1. The number of rotatable bonds is 7. The Morgan fingerprint density at radius 2 is 1.68 bits per heavy atom. The van der Waals surface area contributed by atoms with Gasteiger partial charge in [-0.3, -0.25) is 4.79 Å². The molecule has 0 bridgehead atoms. The second-order valence-electron chi connectivity index (χ2n) is 6.87. The lowest BCUT2D eigenvalue weighted by Gasteiger charge is -2.19. The zero-order valence-corrected chi connectivity index (χ0v) is 17.1. The number of amides is 1. The highest BCUT2D eigenvalue weighted by atomic mass is 32.2. The number of hydrogen-bond donors (Lipinski definition) is 2. The van der Waals surface area contributed by atoms with E-state index in [0.717, 1.165) is 29.8 Å². The molecule has 0 radical (unpaired) electrons. The summed E-state index contributed by atoms with van der Waals surface area (Å²) in [5.74, 6) is -0.0473. The highest BCUT2D eigenvalue weighted by Gasteiger charge is 2.27. The zero-order chi connectivity index (χ0) is 21.8. The topological polar surface area (TPSA) is 93.7 Å². The highest BCUT2D eigenvalue weighted by molar-refractivity contribution is 7.89. The molecular weight excluding hydrogens is 423 g/mol. The molecule has 0 aromatic heterocycles. The lowest BCUT2D eigenvalue weighted by Crippen LogP contribution is -2.45. The third-order valence-electron chi connectivity index (χ3n) is 4.66. The van der Waals surface area contributed by atoms with Crippen LogP contribution in [0.25, 0.3) is 0 Å². The SMILES string of the molecule is O=C(Nc1ccc2c(c1)OCO2)[C@H](Cc1ccccc1)NS(=O)(=O)c1ccc(F)cc1. The van der Waals surface area contributed by atoms with Crippen LogP contribution < -0.4 is 19.5 Å². The second-order valence-corrected chi connectivity index (χ2v) is 8.59. The van der Waals surface area contributed by atoms with E-state index in [1.807, 2.05) is 6.07 Å². The maximum Gasteiger partial charge on any atom is 0.242 e. The van der Waals surface area contributed by atoms with Gasteiger partial charge in [-0.1, -0.05) is 30.3 Å². The number of fused-ring (bicyclic) bond motifs is 1. The lowest BCUT2D eigenvalue weighted by molar-refractivity contribution is -0.117. The van der Waals surface area contributed by atoms with Gasteiger partial charge in [0, 0.05) is 11.8 Å². The first kappa shape index (κ1) is 20.8. The Morgan fingerprint density at radius 1 is 0.968 bits per heavy atom. The number of benzene rings is 3. The van der Waals surface area contributed by atoms with Crippen molar-refractivity contribution in [1.29, 1.82) is 0 Å². The van der Waals surface area contributed by atoms with Crippen LogP contribution in [0.4, 0.5) is 10.1 Å². The molecule has 3 aromatic rings. The maximum atomic E-state index is 13.2. The standard InChI is InChI=1S/C22H19FN2O5S/c23-16-6-9-18(10-7-16)31(27,28)25-19(12-15-4-2-1-3-5-15)22(26)24-17-8-11-20-21(13-17)30-14-29-20/h1-11,13,19,25H,12,14H2,(H,24,26)/t19-/m0/s1. The Bertz CT molecular complexity index is 1180. The van der Waals surface area contributed by atoms with E-state index >= 15 is 0 Å². The quantitative estimate of drug-likeness (QED) is 0.587. The summed E-state index contributed by atoms with van der Waals surface area (Å²) in [5, 5.41) is 2.71. The fraction of sp³-hybridized carbons (Fsp3) is 0.136. The summed E-state index contributed by atoms with van der Waals surface area (Å²) < 4.78 is 51.8. The van der Waals surface area contributed by atoms with Crippen molar-refractivity contribution in [3.05, 3.63) is 84.2 Å². The van der Waals surface area contributed by atoms with Crippen molar-refractivity contribution < 1.29 is 27.1 Å². The number of sulfonamides is 1. The molecule has 0 fully saturated rings. The molecular formula is C22H19FN2O5S. The summed E-state index contributed by atoms with van der Waals surface area (Å²) in [4.78, 5) is 12.9. The lowest BCUT2D eigenvalue weighted by atomic mass is 10.1. The zero-order valence-electron chi connectivity index (χ0n) is 16.2. The van der Waals surface area contributed by atoms with Crippen LogP contribution in [0, 0.1) is 5.82 Å². The number of ether oxygens (including phenoxy) is 2. The van der Waals surface area contributed by atoms with Gasteiger partial charge in [-0.05, 0) is 48.4 Å². The summed E-state index contributed by atoms with van der Waals surface area (Å²) in [6, 6.07) is 17.2. The van der Waals surface area contributed by atoms with Crippen LogP contribution in [0.1, 0.15) is 5.56 Å². The van der Waals surface area contributed by atoms with Crippen molar-refractivity contribution in [1.82, 2.24) is 4.72 Å². The first-order valence-corrected chi connectivity index (χ1v) is 10.9. The smallest absolute Gasteiger partial charge is 0.242 e. The van der Waals surface area contributed by atoms with Gasteiger partial charge in [0.1, 0.15) is 11.9 Å². The normalized spacial score (nSPS) is 13.6. The average molecular weight is 442 g/mol. The Morgan fingerprint density at radius 3 is 2.42 bits per heavy atom. The van der Waals surface area contributed by atoms with Crippen molar-refractivity contribution >= 4 is 21.6 Å². The van der Waals surface area contributed by atoms with Crippen molar-refractivity contribution in [2.75, 3.05) is 12.1 Å². The molecule has 1 heterocycles. The monoisotopic (exact) mass is 442 g/mol. The molecule has 31 heavy (non-hydrogen) atoms. The average Bonchev–Trinajstić information content (AvgIpc) is 3.22. The third-order valence-corrected chi connectivity index (χ3v) is 6.15. The maximum absolute atomic E-state index is 13.2. The minimum atomic E-state index is -4.07. The van der Waals surface area contributed by atoms with Crippen LogP contribution in [-0.2, 0) is 21.2 Å². The molecule has 160 valence electrons. The molecule has 0 saturated carbocycles. The molecule has 1 aliphatic heterocycles. The van der Waals surface area contributed by atoms with Crippen LogP contribution in [0.15, 0.2) is 77.7 Å². The Balaban J connectivity index is 1.57. The molecule has 9 heteroatoms. The molecule has 4 rings (SSSR count). The van der Waals surface area contributed by atoms with E-state index in [1.165, 1.54) is 0 Å². The Hall–Kier alpha value is -3.43. The van der Waals surface area contributed by atoms with Crippen molar-refractivity contribution in [3.8, 4) is 11.5 Å². The van der Waals surface area contributed by atoms with Crippen molar-refractivity contribution in [2.24, 2.45) is 0 Å². The summed E-state index contributed by atoms with van der Waals surface area (Å²) in [6.07, 6.45) is 0.123. The molecule has 3 aromatic carbocycles. The summed E-state index contributed by atoms with van der Waals surface area (Å²) in [7, 11) is -4.07. The van der Waals surface area contributed by atoms with E-state index < -0.39 is 27.8 Å². The number of nitrogens with one attached hydrogen (secondary N) is 2. The summed E-state index contributed by atoms with van der Waals surface area (Å²) in [6.45, 7) is 0.0980. The van der Waals surface area contributed by atoms with Gasteiger partial charge in [0.05, 0.1) is 4.90 Å². The molecule has 2 N–H and O–H groups in total. The summed E-state index contributed by atoms with van der Waals surface area (Å²) >= 11 is 0. The molecule has 0 spiro atoms. The van der Waals surface area contributed by atoms with Crippen LogP contribution >= 0.6 is 0 Å². The minimum Gasteiger partial charge on any atom is -0.454 e. The van der Waals surface area contributed by atoms with Crippen molar-refractivity contribution in [2.45, 2.75) is 17.4 Å². The van der Waals surface area contributed by atoms with Gasteiger partial charge in [0.25, 0.3) is 0 Å². The number of carbonyl (C=O) groups excluding carboxylic acids is 1. The predicted octanol–water partition coefficient (Wildman–Crippen LogP) is 3.08. The summed E-state index contributed by atoms with van der Waals surface area (Å²) in [5.41, 5.74) is 1.21. The van der Waals surface area contributed by atoms with Gasteiger partial charge in [-0.25, -0.2) is 12.8 Å². The first-order valence-electron chi connectivity index (χ1n) is 9.43. The van der Waals surface area contributed by atoms with Gasteiger partial charge in [-0.15, -0.1) is 0 Å². The molecule has 1 atom stereocenters. The van der Waals surface area contributed by atoms with E-state index in [0.29, 0.717) is 17.2 Å². The van der Waals surface area contributed by atoms with Gasteiger partial charge in [0.15, 0.2) is 11.5 Å². The highest BCUT2D eigenvalue weighted by Crippen LogP contribution is 2.34. The fourth-order valence-corrected chi connectivity index (χ4v) is 4.31. The second kappa shape index (κ2) is 8.75. The van der Waals surface area contributed by atoms with E-state index in [1.54, 1.807) is 42.5 Å². The van der Waals surface area contributed by atoms with Crippen molar-refractivity contribution in [3.63, 3.8) is 0 Å². The van der Waals surface area contributed by atoms with Crippen LogP contribution in [0.3, 0.4) is 0 Å². The van der Waals surface area contributed by atoms with Crippen LogP contribution in [0.5, 0.6) is 11.5 Å². The molecule has 1 aliphatic rings. The molecule has 1 amide bonds.